The minimum atomic E-state index is 1.13. The van der Waals surface area contributed by atoms with Crippen LogP contribution in [0.1, 0.15) is 32.3 Å². The topological polar surface area (TPSA) is 27.7 Å². The minimum Gasteiger partial charge on any atom is -0.512 e. The Morgan fingerprint density at radius 3 is 2.64 bits per heavy atom. The highest BCUT2D eigenvalue weighted by molar-refractivity contribution is 5.04. The largest absolute Gasteiger partial charge is 0.512 e. The number of nitrogens with zero attached hydrogens (tertiary/aromatic N) is 2. The van der Waals surface area contributed by atoms with Gasteiger partial charge in [0.1, 0.15) is 6.54 Å². The summed E-state index contributed by atoms with van der Waals surface area (Å²) in [6.45, 7) is 10.3. The molecule has 0 bridgehead atoms. The van der Waals surface area contributed by atoms with Gasteiger partial charge in [0.2, 0.25) is 0 Å². The Balaban J connectivity index is 0.000000791. The molecule has 0 amide bonds. The first-order valence-corrected chi connectivity index (χ1v) is 5.07. The predicted molar refractivity (Wildman–Crippen MR) is 55.9 cm³/mol. The SMILES string of the molecule is CCCC[n+]1cccc(CC)c1.[C-]#N. The molecule has 1 aromatic heterocycles. The molecule has 0 aliphatic carbocycles. The fraction of sp³-hybridized carbons (Fsp3) is 0.500. The molecule has 2 nitrogen and oxygen atoms in total. The molecule has 0 fully saturated rings. The first-order chi connectivity index (χ1) is 6.86. The molecule has 76 valence electrons. The molecule has 0 unspecified atom stereocenters. The van der Waals surface area contributed by atoms with E-state index in [-0.39, 0.29) is 0 Å². The number of hydrogen-bond acceptors (Lipinski definition) is 1. The molecule has 0 saturated carbocycles. The van der Waals surface area contributed by atoms with Gasteiger partial charge in [0.15, 0.2) is 12.4 Å². The molecule has 0 N–H and O–H groups in total. The Morgan fingerprint density at radius 2 is 2.07 bits per heavy atom. The van der Waals surface area contributed by atoms with Gasteiger partial charge in [-0.3, -0.25) is 0 Å². The Bertz CT molecular complexity index is 266. The van der Waals surface area contributed by atoms with Gasteiger partial charge in [-0.15, -0.1) is 0 Å². The standard InChI is InChI=1S/C11H18N.CN/c1-3-5-8-12-9-6-7-11(4-2)10-12;1-2/h6-7,9-10H,3-5,8H2,1-2H3;/q+1;-1. The molecule has 0 aliphatic heterocycles. The van der Waals surface area contributed by atoms with Gasteiger partial charge in [-0.1, -0.05) is 20.3 Å². The normalized spacial score (nSPS) is 8.86. The summed E-state index contributed by atoms with van der Waals surface area (Å²) in [6, 6.07) is 4.32. The van der Waals surface area contributed by atoms with Gasteiger partial charge in [0.25, 0.3) is 0 Å². The third kappa shape index (κ3) is 4.61. The van der Waals surface area contributed by atoms with Gasteiger partial charge in [-0.2, -0.15) is 0 Å². The lowest BCUT2D eigenvalue weighted by atomic mass is 10.2. The van der Waals surface area contributed by atoms with Crippen LogP contribution in [-0.4, -0.2) is 0 Å². The number of rotatable bonds is 4. The predicted octanol–water partition coefficient (Wildman–Crippen LogP) is 2.43. The highest BCUT2D eigenvalue weighted by Crippen LogP contribution is 1.95. The summed E-state index contributed by atoms with van der Waals surface area (Å²) in [6.07, 6.45) is 8.07. The summed E-state index contributed by atoms with van der Waals surface area (Å²) < 4.78 is 2.28. The molecule has 1 rings (SSSR count). The molecular formula is C12H18N2. The van der Waals surface area contributed by atoms with Crippen LogP contribution in [-0.2, 0) is 13.0 Å². The van der Waals surface area contributed by atoms with E-state index < -0.39 is 0 Å². The molecule has 14 heavy (non-hydrogen) atoms. The van der Waals surface area contributed by atoms with Crippen LogP contribution in [0, 0.1) is 11.8 Å². The Morgan fingerprint density at radius 1 is 1.36 bits per heavy atom. The van der Waals surface area contributed by atoms with Crippen molar-refractivity contribution in [3.05, 3.63) is 36.7 Å². The van der Waals surface area contributed by atoms with Gasteiger partial charge < -0.3 is 11.8 Å². The summed E-state index contributed by atoms with van der Waals surface area (Å²) >= 11 is 0. The van der Waals surface area contributed by atoms with E-state index in [0.29, 0.717) is 0 Å². The molecule has 0 spiro atoms. The maximum absolute atomic E-state index is 6.25. The van der Waals surface area contributed by atoms with Crippen molar-refractivity contribution in [1.82, 2.24) is 0 Å². The van der Waals surface area contributed by atoms with E-state index >= 15 is 0 Å². The average Bonchev–Trinajstić information content (AvgIpc) is 2.29. The zero-order chi connectivity index (χ0) is 10.8. The van der Waals surface area contributed by atoms with Crippen molar-refractivity contribution in [3.63, 3.8) is 0 Å². The molecule has 1 aromatic rings. The van der Waals surface area contributed by atoms with Crippen molar-refractivity contribution in [2.45, 2.75) is 39.7 Å². The second kappa shape index (κ2) is 8.25. The summed E-state index contributed by atoms with van der Waals surface area (Å²) in [7, 11) is 0. The molecule has 0 saturated heterocycles. The Kier molecular flexibility index (Phi) is 7.45. The van der Waals surface area contributed by atoms with Crippen LogP contribution in [0.25, 0.3) is 0 Å². The second-order valence-electron chi connectivity index (χ2n) is 3.16. The first kappa shape index (κ1) is 12.6. The lowest BCUT2D eigenvalue weighted by Gasteiger charge is -1.96. The van der Waals surface area contributed by atoms with E-state index in [9.17, 15) is 0 Å². The van der Waals surface area contributed by atoms with Gasteiger partial charge >= 0.3 is 0 Å². The molecule has 0 aromatic carbocycles. The highest BCUT2D eigenvalue weighted by atomic mass is 14.9. The third-order valence-corrected chi connectivity index (χ3v) is 2.10. The average molecular weight is 190 g/mol. The van der Waals surface area contributed by atoms with Crippen molar-refractivity contribution in [2.24, 2.45) is 0 Å². The zero-order valence-electron chi connectivity index (χ0n) is 9.03. The van der Waals surface area contributed by atoms with Crippen LogP contribution in [0.2, 0.25) is 0 Å². The zero-order valence-corrected chi connectivity index (χ0v) is 9.03. The second-order valence-corrected chi connectivity index (χ2v) is 3.16. The monoisotopic (exact) mass is 190 g/mol. The van der Waals surface area contributed by atoms with Crippen molar-refractivity contribution in [1.29, 1.82) is 5.26 Å². The van der Waals surface area contributed by atoms with Crippen molar-refractivity contribution >= 4 is 0 Å². The molecule has 0 atom stereocenters. The van der Waals surface area contributed by atoms with Gasteiger partial charge in [-0.25, -0.2) is 4.57 Å². The van der Waals surface area contributed by atoms with Gasteiger partial charge in [0, 0.05) is 18.1 Å². The number of aromatic nitrogens is 1. The summed E-state index contributed by atoms with van der Waals surface area (Å²) in [5, 5.41) is 6.25. The van der Waals surface area contributed by atoms with Crippen LogP contribution in [0.3, 0.4) is 0 Å². The van der Waals surface area contributed by atoms with Gasteiger partial charge in [-0.05, 0) is 12.5 Å². The summed E-state index contributed by atoms with van der Waals surface area (Å²) in [4.78, 5) is 0. The van der Waals surface area contributed by atoms with Crippen molar-refractivity contribution in [2.75, 3.05) is 0 Å². The fourth-order valence-corrected chi connectivity index (χ4v) is 1.27. The number of unbranched alkanes of at least 4 members (excludes halogenated alkanes) is 1. The summed E-state index contributed by atoms with van der Waals surface area (Å²) in [5.41, 5.74) is 1.42. The van der Waals surface area contributed by atoms with Crippen LogP contribution >= 0.6 is 0 Å². The molecule has 0 radical (unpaired) electrons. The highest BCUT2D eigenvalue weighted by Gasteiger charge is 1.99. The quantitative estimate of drug-likeness (QED) is 0.529. The van der Waals surface area contributed by atoms with E-state index in [0.717, 1.165) is 13.0 Å². The minimum absolute atomic E-state index is 1.13. The lowest BCUT2D eigenvalue weighted by molar-refractivity contribution is -0.697. The van der Waals surface area contributed by atoms with Gasteiger partial charge in [0.05, 0.1) is 0 Å². The number of aryl methyl sites for hydroxylation is 2. The number of hydrogen-bond donors (Lipinski definition) is 0. The maximum Gasteiger partial charge on any atom is 0.171 e. The lowest BCUT2D eigenvalue weighted by Crippen LogP contribution is -2.33. The van der Waals surface area contributed by atoms with Crippen molar-refractivity contribution in [3.8, 4) is 0 Å². The van der Waals surface area contributed by atoms with Crippen molar-refractivity contribution < 1.29 is 4.57 Å². The molecule has 0 aliphatic rings. The number of pyridine rings is 1. The van der Waals surface area contributed by atoms with E-state index in [4.69, 9.17) is 11.8 Å². The Hall–Kier alpha value is -1.36. The van der Waals surface area contributed by atoms with E-state index in [1.54, 1.807) is 0 Å². The molecule has 2 heteroatoms. The van der Waals surface area contributed by atoms with Crippen LogP contribution in [0.5, 0.6) is 0 Å². The maximum atomic E-state index is 6.25. The van der Waals surface area contributed by atoms with E-state index in [1.807, 2.05) is 0 Å². The van der Waals surface area contributed by atoms with Crippen LogP contribution in [0.15, 0.2) is 24.5 Å². The smallest absolute Gasteiger partial charge is 0.171 e. The fourth-order valence-electron chi connectivity index (χ4n) is 1.27. The first-order valence-electron chi connectivity index (χ1n) is 5.07. The van der Waals surface area contributed by atoms with Crippen LogP contribution in [0.4, 0.5) is 0 Å². The van der Waals surface area contributed by atoms with Crippen LogP contribution < -0.4 is 4.57 Å². The molecular weight excluding hydrogens is 172 g/mol. The third-order valence-electron chi connectivity index (χ3n) is 2.10. The summed E-state index contributed by atoms with van der Waals surface area (Å²) in [5.74, 6) is 0. The molecule has 1 heterocycles. The Labute approximate surface area is 86.8 Å². The van der Waals surface area contributed by atoms with E-state index in [1.165, 1.54) is 18.4 Å². The van der Waals surface area contributed by atoms with E-state index in [2.05, 4.69) is 42.9 Å².